The molecule has 4 heteroatoms. The van der Waals surface area contributed by atoms with Crippen molar-refractivity contribution in [2.45, 2.75) is 115 Å². The fourth-order valence-corrected chi connectivity index (χ4v) is 14.5. The third-order valence-electron chi connectivity index (χ3n) is 9.58. The van der Waals surface area contributed by atoms with Gasteiger partial charge >= 0.3 is 0 Å². The lowest BCUT2D eigenvalue weighted by Crippen LogP contribution is -2.73. The van der Waals surface area contributed by atoms with Gasteiger partial charge in [0.25, 0.3) is 0 Å². The largest absolute Gasteiger partial charge is 0.412 e. The van der Waals surface area contributed by atoms with E-state index in [9.17, 15) is 4.79 Å². The Morgan fingerprint density at radius 1 is 1.07 bits per heavy atom. The highest BCUT2D eigenvalue weighted by Gasteiger charge is 2.64. The van der Waals surface area contributed by atoms with Crippen molar-refractivity contribution in [3.05, 3.63) is 0 Å². The summed E-state index contributed by atoms with van der Waals surface area (Å²) in [6.07, 6.45) is 7.26. The zero-order valence-corrected chi connectivity index (χ0v) is 21.0. The molecule has 2 aliphatic carbocycles. The van der Waals surface area contributed by atoms with Crippen LogP contribution in [0, 0.1) is 23.7 Å². The Labute approximate surface area is 180 Å². The summed E-state index contributed by atoms with van der Waals surface area (Å²) >= 11 is 0. The summed E-state index contributed by atoms with van der Waals surface area (Å²) in [5.74, 6) is 2.95. The van der Waals surface area contributed by atoms with Gasteiger partial charge in [-0.05, 0) is 73.0 Å². The SMILES string of the molecule is CC1CC2CC(=O)C3CCCN4CC(O[Si](C(C)C)(C(C)C)C(C)C)CC2C34C1. The van der Waals surface area contributed by atoms with Crippen LogP contribution in [0.3, 0.4) is 0 Å². The van der Waals surface area contributed by atoms with Gasteiger partial charge in [-0.25, -0.2) is 0 Å². The zero-order chi connectivity index (χ0) is 21.1. The molecule has 4 fully saturated rings. The average Bonchev–Trinajstić information content (AvgIpc) is 2.61. The van der Waals surface area contributed by atoms with Gasteiger partial charge in [0.05, 0.1) is 6.10 Å². The number of rotatable bonds is 5. The third kappa shape index (κ3) is 3.22. The number of hydrogen-bond acceptors (Lipinski definition) is 3. The minimum Gasteiger partial charge on any atom is -0.412 e. The highest BCUT2D eigenvalue weighted by atomic mass is 28.4. The summed E-state index contributed by atoms with van der Waals surface area (Å²) < 4.78 is 7.33. The van der Waals surface area contributed by atoms with E-state index in [4.69, 9.17) is 4.43 Å². The molecule has 0 aromatic heterocycles. The van der Waals surface area contributed by atoms with Crippen molar-refractivity contribution in [1.29, 1.82) is 0 Å². The Kier molecular flexibility index (Phi) is 5.88. The molecule has 2 bridgehead atoms. The molecule has 2 aliphatic heterocycles. The first-order valence-electron chi connectivity index (χ1n) is 12.6. The van der Waals surface area contributed by atoms with Crippen molar-refractivity contribution in [3.8, 4) is 0 Å². The highest BCUT2D eigenvalue weighted by Crippen LogP contribution is 2.60. The molecular formula is C25H45NO2Si. The number of nitrogens with zero attached hydrogens (tertiary/aromatic N) is 1. The van der Waals surface area contributed by atoms with Crippen molar-refractivity contribution in [3.63, 3.8) is 0 Å². The Hall–Kier alpha value is -0.193. The van der Waals surface area contributed by atoms with Crippen LogP contribution in [0.25, 0.3) is 0 Å². The molecule has 0 amide bonds. The fourth-order valence-electron chi connectivity index (χ4n) is 8.92. The molecule has 6 atom stereocenters. The summed E-state index contributed by atoms with van der Waals surface area (Å²) in [5, 5.41) is 0. The lowest BCUT2D eigenvalue weighted by molar-refractivity contribution is -0.185. The first-order valence-corrected chi connectivity index (χ1v) is 14.7. The van der Waals surface area contributed by atoms with Gasteiger partial charge in [0.15, 0.2) is 0 Å². The number of carbonyl (C=O) groups excluding carboxylic acids is 1. The average molecular weight is 420 g/mol. The maximum Gasteiger partial charge on any atom is 0.200 e. The van der Waals surface area contributed by atoms with Crippen LogP contribution in [0.5, 0.6) is 0 Å². The quantitative estimate of drug-likeness (QED) is 0.509. The standard InChI is InChI=1S/C25H45NO2Si/c1-16(2)29(17(3)4,18(5)6)28-21-13-23-20-11-19(7)14-25(23)22(24(27)12-20)9-8-10-26(25)15-21/h16-23H,8-15H2,1-7H3. The lowest BCUT2D eigenvalue weighted by Gasteiger charge is -2.67. The second-order valence-electron chi connectivity index (χ2n) is 12.0. The van der Waals surface area contributed by atoms with Crippen LogP contribution < -0.4 is 0 Å². The van der Waals surface area contributed by atoms with Crippen molar-refractivity contribution in [2.24, 2.45) is 23.7 Å². The molecule has 1 spiro atoms. The number of Topliss-reactive ketones (excluding diaryl/α,β-unsaturated/α-hetero) is 1. The summed E-state index contributed by atoms with van der Waals surface area (Å²) in [6, 6.07) is 0. The predicted octanol–water partition coefficient (Wildman–Crippen LogP) is 6.04. The molecule has 6 unspecified atom stereocenters. The van der Waals surface area contributed by atoms with Crippen LogP contribution in [-0.2, 0) is 9.22 Å². The minimum absolute atomic E-state index is 0.174. The predicted molar refractivity (Wildman–Crippen MR) is 123 cm³/mol. The van der Waals surface area contributed by atoms with E-state index in [2.05, 4.69) is 53.4 Å². The van der Waals surface area contributed by atoms with Crippen LogP contribution in [0.4, 0.5) is 0 Å². The number of carbonyl (C=O) groups is 1. The van der Waals surface area contributed by atoms with Crippen molar-refractivity contribution < 1.29 is 9.22 Å². The van der Waals surface area contributed by atoms with Crippen molar-refractivity contribution >= 4 is 14.1 Å². The third-order valence-corrected chi connectivity index (χ3v) is 15.7. The maximum atomic E-state index is 13.1. The van der Waals surface area contributed by atoms with Gasteiger partial charge in [-0.1, -0.05) is 48.5 Å². The topological polar surface area (TPSA) is 29.5 Å². The van der Waals surface area contributed by atoms with Gasteiger partial charge in [-0.3, -0.25) is 9.69 Å². The minimum atomic E-state index is -1.87. The molecule has 0 aromatic carbocycles. The molecular weight excluding hydrogens is 374 g/mol. The van der Waals surface area contributed by atoms with Gasteiger partial charge in [-0.15, -0.1) is 0 Å². The van der Waals surface area contributed by atoms with Crippen LogP contribution in [-0.4, -0.2) is 43.7 Å². The van der Waals surface area contributed by atoms with Gasteiger partial charge in [0.2, 0.25) is 8.32 Å². The monoisotopic (exact) mass is 419 g/mol. The van der Waals surface area contributed by atoms with Gasteiger partial charge in [0.1, 0.15) is 5.78 Å². The first kappa shape index (κ1) is 22.0. The Balaban J connectivity index is 1.66. The molecule has 0 aromatic rings. The van der Waals surface area contributed by atoms with E-state index in [1.165, 1.54) is 32.2 Å². The van der Waals surface area contributed by atoms with Crippen LogP contribution >= 0.6 is 0 Å². The van der Waals surface area contributed by atoms with Crippen molar-refractivity contribution in [1.82, 2.24) is 4.90 Å². The maximum absolute atomic E-state index is 13.1. The van der Waals surface area contributed by atoms with Crippen LogP contribution in [0.1, 0.15) is 87.0 Å². The normalized spacial score (nSPS) is 40.6. The summed E-state index contributed by atoms with van der Waals surface area (Å²) in [6.45, 7) is 19.1. The molecule has 3 nitrogen and oxygen atoms in total. The van der Waals surface area contributed by atoms with Crippen LogP contribution in [0.15, 0.2) is 0 Å². The Bertz CT molecular complexity index is 611. The molecule has 2 heterocycles. The molecule has 4 aliphatic rings. The second kappa shape index (κ2) is 7.74. The Morgan fingerprint density at radius 3 is 2.34 bits per heavy atom. The summed E-state index contributed by atoms with van der Waals surface area (Å²) in [7, 11) is -1.87. The molecule has 0 radical (unpaired) electrons. The highest BCUT2D eigenvalue weighted by molar-refractivity contribution is 6.77. The van der Waals surface area contributed by atoms with Gasteiger partial charge in [-0.2, -0.15) is 0 Å². The van der Waals surface area contributed by atoms with Crippen LogP contribution in [0.2, 0.25) is 16.6 Å². The summed E-state index contributed by atoms with van der Waals surface area (Å²) in [5.41, 5.74) is 2.09. The van der Waals surface area contributed by atoms with E-state index in [1.54, 1.807) is 0 Å². The van der Waals surface area contributed by atoms with E-state index in [1.807, 2.05) is 0 Å². The molecule has 0 N–H and O–H groups in total. The van der Waals surface area contributed by atoms with E-state index in [-0.39, 0.29) is 5.54 Å². The molecule has 4 rings (SSSR count). The number of piperidine rings is 2. The molecule has 166 valence electrons. The number of ketones is 1. The number of hydrogen-bond donors (Lipinski definition) is 0. The van der Waals surface area contributed by atoms with E-state index in [0.29, 0.717) is 46.3 Å². The van der Waals surface area contributed by atoms with E-state index >= 15 is 0 Å². The van der Waals surface area contributed by atoms with Crippen molar-refractivity contribution in [2.75, 3.05) is 13.1 Å². The fraction of sp³-hybridized carbons (Fsp3) is 0.960. The van der Waals surface area contributed by atoms with Gasteiger partial charge < -0.3 is 4.43 Å². The summed E-state index contributed by atoms with van der Waals surface area (Å²) in [4.78, 5) is 15.9. The zero-order valence-electron chi connectivity index (χ0n) is 20.0. The Morgan fingerprint density at radius 2 is 1.72 bits per heavy atom. The first-order chi connectivity index (χ1) is 13.6. The van der Waals surface area contributed by atoms with Gasteiger partial charge in [0, 0.05) is 24.4 Å². The smallest absolute Gasteiger partial charge is 0.200 e. The van der Waals surface area contributed by atoms with E-state index in [0.717, 1.165) is 25.3 Å². The molecule has 29 heavy (non-hydrogen) atoms. The second-order valence-corrected chi connectivity index (χ2v) is 17.4. The van der Waals surface area contributed by atoms with E-state index < -0.39 is 8.32 Å². The lowest BCUT2D eigenvalue weighted by atomic mass is 9.48. The molecule has 2 saturated heterocycles. The molecule has 2 saturated carbocycles.